The maximum atomic E-state index is 12.4. The van der Waals surface area contributed by atoms with E-state index in [1.54, 1.807) is 19.4 Å². The van der Waals surface area contributed by atoms with Gasteiger partial charge in [-0.2, -0.15) is 5.10 Å². The number of ether oxygens (including phenoxy) is 1. The Kier molecular flexibility index (Phi) is 5.20. The quantitative estimate of drug-likeness (QED) is 0.897. The number of carbonyl (C=O) groups is 1. The van der Waals surface area contributed by atoms with Crippen LogP contribution in [0.25, 0.3) is 0 Å². The Hall–Kier alpha value is -2.70. The van der Waals surface area contributed by atoms with Crippen LogP contribution in [0, 0.1) is 0 Å². The van der Waals surface area contributed by atoms with Crippen LogP contribution in [0.2, 0.25) is 0 Å². The van der Waals surface area contributed by atoms with Crippen molar-refractivity contribution in [3.63, 3.8) is 0 Å². The number of hydrogen-bond donors (Lipinski definition) is 1. The van der Waals surface area contributed by atoms with Gasteiger partial charge in [-0.25, -0.2) is 4.98 Å². The molecule has 1 saturated heterocycles. The summed E-state index contributed by atoms with van der Waals surface area (Å²) in [5, 5.41) is 11.3. The van der Waals surface area contributed by atoms with Crippen molar-refractivity contribution in [2.24, 2.45) is 0 Å². The van der Waals surface area contributed by atoms with Crippen LogP contribution in [0.3, 0.4) is 0 Å². The minimum Gasteiger partial charge on any atom is -0.481 e. The molecule has 3 rings (SSSR count). The van der Waals surface area contributed by atoms with E-state index >= 15 is 0 Å². The Morgan fingerprint density at radius 3 is 2.83 bits per heavy atom. The molecule has 0 saturated carbocycles. The zero-order chi connectivity index (χ0) is 16.8. The molecule has 0 atom stereocenters. The number of piperidine rings is 1. The summed E-state index contributed by atoms with van der Waals surface area (Å²) in [5.74, 6) is 1.42. The van der Waals surface area contributed by atoms with Crippen molar-refractivity contribution in [3.8, 4) is 5.88 Å². The highest BCUT2D eigenvalue weighted by atomic mass is 16.5. The molecule has 1 aliphatic rings. The molecular formula is C17H21N5O2. The summed E-state index contributed by atoms with van der Waals surface area (Å²) in [6.07, 6.45) is 3.75. The van der Waals surface area contributed by atoms with Crippen LogP contribution in [0.5, 0.6) is 5.88 Å². The molecule has 0 bridgehead atoms. The SMILES string of the molecule is COc1cccc(CC(=O)N2CCC(Nc3cccnn3)CC2)n1. The van der Waals surface area contributed by atoms with Gasteiger partial charge in [-0.05, 0) is 31.0 Å². The maximum absolute atomic E-state index is 12.4. The van der Waals surface area contributed by atoms with Crippen LogP contribution in [-0.2, 0) is 11.2 Å². The second kappa shape index (κ2) is 7.72. The van der Waals surface area contributed by atoms with E-state index in [4.69, 9.17) is 4.74 Å². The molecule has 0 aromatic carbocycles. The highest BCUT2D eigenvalue weighted by Gasteiger charge is 2.23. The average molecular weight is 327 g/mol. The normalized spacial score (nSPS) is 15.1. The summed E-state index contributed by atoms with van der Waals surface area (Å²) < 4.78 is 5.10. The summed E-state index contributed by atoms with van der Waals surface area (Å²) >= 11 is 0. The smallest absolute Gasteiger partial charge is 0.228 e. The van der Waals surface area contributed by atoms with Gasteiger partial charge >= 0.3 is 0 Å². The molecule has 7 nitrogen and oxygen atoms in total. The second-order valence-corrected chi connectivity index (χ2v) is 5.76. The van der Waals surface area contributed by atoms with E-state index in [1.807, 2.05) is 29.2 Å². The predicted molar refractivity (Wildman–Crippen MR) is 89.7 cm³/mol. The fraction of sp³-hybridized carbons (Fsp3) is 0.412. The number of aromatic nitrogens is 3. The number of rotatable bonds is 5. The van der Waals surface area contributed by atoms with Crippen molar-refractivity contribution in [2.75, 3.05) is 25.5 Å². The summed E-state index contributed by atoms with van der Waals surface area (Å²) in [5.41, 5.74) is 0.735. The molecule has 0 spiro atoms. The standard InChI is InChI=1S/C17H21N5O2/c1-24-16-6-2-4-14(20-16)12-17(23)22-10-7-13(8-11-22)19-15-5-3-9-18-21-15/h2-6,9,13H,7-8,10-12H2,1H3,(H,19,21). The van der Waals surface area contributed by atoms with E-state index in [0.717, 1.165) is 37.4 Å². The van der Waals surface area contributed by atoms with Gasteiger partial charge in [0.1, 0.15) is 5.82 Å². The van der Waals surface area contributed by atoms with Crippen molar-refractivity contribution in [1.82, 2.24) is 20.1 Å². The monoisotopic (exact) mass is 327 g/mol. The lowest BCUT2D eigenvalue weighted by Crippen LogP contribution is -2.43. The molecule has 1 N–H and O–H groups in total. The molecule has 2 aromatic rings. The number of likely N-dealkylation sites (tertiary alicyclic amines) is 1. The molecule has 7 heteroatoms. The lowest BCUT2D eigenvalue weighted by Gasteiger charge is -2.32. The van der Waals surface area contributed by atoms with Gasteiger partial charge in [0.15, 0.2) is 0 Å². The van der Waals surface area contributed by atoms with Crippen LogP contribution in [0.4, 0.5) is 5.82 Å². The first-order valence-electron chi connectivity index (χ1n) is 8.06. The Morgan fingerprint density at radius 1 is 1.29 bits per heavy atom. The molecule has 1 amide bonds. The number of nitrogens with zero attached hydrogens (tertiary/aromatic N) is 4. The van der Waals surface area contributed by atoms with Gasteiger partial charge in [-0.15, -0.1) is 5.10 Å². The molecule has 2 aromatic heterocycles. The lowest BCUT2D eigenvalue weighted by molar-refractivity contribution is -0.131. The third kappa shape index (κ3) is 4.18. The van der Waals surface area contributed by atoms with Crippen LogP contribution in [-0.4, -0.2) is 52.2 Å². The van der Waals surface area contributed by atoms with E-state index in [9.17, 15) is 4.79 Å². The van der Waals surface area contributed by atoms with Crippen molar-refractivity contribution >= 4 is 11.7 Å². The average Bonchev–Trinajstić information content (AvgIpc) is 2.63. The number of methoxy groups -OCH3 is 1. The topological polar surface area (TPSA) is 80.2 Å². The van der Waals surface area contributed by atoms with Crippen LogP contribution in [0.15, 0.2) is 36.5 Å². The fourth-order valence-corrected chi connectivity index (χ4v) is 2.80. The Labute approximate surface area is 141 Å². The number of carbonyl (C=O) groups excluding carboxylic acids is 1. The predicted octanol–water partition coefficient (Wildman–Crippen LogP) is 1.53. The number of anilines is 1. The summed E-state index contributed by atoms with van der Waals surface area (Å²) in [4.78, 5) is 18.6. The minimum atomic E-state index is 0.105. The summed E-state index contributed by atoms with van der Waals surface area (Å²) in [6.45, 7) is 1.47. The minimum absolute atomic E-state index is 0.105. The number of pyridine rings is 1. The fourth-order valence-electron chi connectivity index (χ4n) is 2.80. The van der Waals surface area contributed by atoms with Crippen LogP contribution >= 0.6 is 0 Å². The molecule has 0 aliphatic carbocycles. The van der Waals surface area contributed by atoms with Crippen LogP contribution < -0.4 is 10.1 Å². The third-order valence-corrected chi connectivity index (χ3v) is 4.09. The van der Waals surface area contributed by atoms with Gasteiger partial charge in [0.25, 0.3) is 0 Å². The van der Waals surface area contributed by atoms with E-state index in [0.29, 0.717) is 18.3 Å². The van der Waals surface area contributed by atoms with E-state index in [-0.39, 0.29) is 5.91 Å². The number of nitrogens with one attached hydrogen (secondary N) is 1. The molecule has 24 heavy (non-hydrogen) atoms. The first kappa shape index (κ1) is 16.2. The van der Waals surface area contributed by atoms with E-state index in [1.165, 1.54) is 0 Å². The second-order valence-electron chi connectivity index (χ2n) is 5.76. The van der Waals surface area contributed by atoms with Gasteiger partial charge in [0, 0.05) is 31.4 Å². The Balaban J connectivity index is 1.49. The maximum Gasteiger partial charge on any atom is 0.228 e. The van der Waals surface area contributed by atoms with E-state index in [2.05, 4.69) is 20.5 Å². The van der Waals surface area contributed by atoms with Gasteiger partial charge in [-0.3, -0.25) is 4.79 Å². The van der Waals surface area contributed by atoms with Crippen LogP contribution in [0.1, 0.15) is 18.5 Å². The van der Waals surface area contributed by atoms with Crippen molar-refractivity contribution < 1.29 is 9.53 Å². The van der Waals surface area contributed by atoms with E-state index < -0.39 is 0 Å². The largest absolute Gasteiger partial charge is 0.481 e. The Morgan fingerprint density at radius 2 is 2.12 bits per heavy atom. The van der Waals surface area contributed by atoms with Crippen molar-refractivity contribution in [3.05, 3.63) is 42.2 Å². The first-order valence-corrected chi connectivity index (χ1v) is 8.06. The zero-order valence-electron chi connectivity index (χ0n) is 13.7. The number of amides is 1. The van der Waals surface area contributed by atoms with Gasteiger partial charge in [0.05, 0.1) is 19.2 Å². The first-order chi connectivity index (χ1) is 11.7. The molecule has 3 heterocycles. The molecule has 1 aliphatic heterocycles. The van der Waals surface area contributed by atoms with Gasteiger partial charge in [-0.1, -0.05) is 6.07 Å². The highest BCUT2D eigenvalue weighted by Crippen LogP contribution is 2.16. The molecule has 126 valence electrons. The van der Waals surface area contributed by atoms with Crippen molar-refractivity contribution in [2.45, 2.75) is 25.3 Å². The lowest BCUT2D eigenvalue weighted by atomic mass is 10.0. The Bertz CT molecular complexity index is 672. The number of hydrogen-bond acceptors (Lipinski definition) is 6. The summed E-state index contributed by atoms with van der Waals surface area (Å²) in [7, 11) is 1.57. The van der Waals surface area contributed by atoms with Gasteiger partial charge in [0.2, 0.25) is 11.8 Å². The van der Waals surface area contributed by atoms with Gasteiger partial charge < -0.3 is 15.0 Å². The van der Waals surface area contributed by atoms with Crippen molar-refractivity contribution in [1.29, 1.82) is 0 Å². The summed E-state index contributed by atoms with van der Waals surface area (Å²) in [6, 6.07) is 9.56. The molecule has 0 unspecified atom stereocenters. The molecule has 1 fully saturated rings. The third-order valence-electron chi connectivity index (χ3n) is 4.09. The zero-order valence-corrected chi connectivity index (χ0v) is 13.7. The highest BCUT2D eigenvalue weighted by molar-refractivity contribution is 5.78. The molecule has 0 radical (unpaired) electrons. The molecular weight excluding hydrogens is 306 g/mol.